The van der Waals surface area contributed by atoms with Gasteiger partial charge in [-0.2, -0.15) is 0 Å². The maximum Gasteiger partial charge on any atom is 0.475 e. The van der Waals surface area contributed by atoms with Gasteiger partial charge in [0.05, 0.1) is 5.94 Å². The van der Waals surface area contributed by atoms with Gasteiger partial charge in [0, 0.05) is 25.1 Å². The van der Waals surface area contributed by atoms with Crippen molar-refractivity contribution in [1.82, 2.24) is 10.2 Å². The summed E-state index contributed by atoms with van der Waals surface area (Å²) in [4.78, 5) is 26.7. The molecule has 3 N–H and O–H groups in total. The minimum atomic E-state index is -1.67. The summed E-state index contributed by atoms with van der Waals surface area (Å²) >= 11 is 0. The lowest BCUT2D eigenvalue weighted by Gasteiger charge is -2.23. The predicted molar refractivity (Wildman–Crippen MR) is 119 cm³/mol. The fourth-order valence-corrected chi connectivity index (χ4v) is 3.34. The second kappa shape index (κ2) is 10.9. The lowest BCUT2D eigenvalue weighted by molar-refractivity contribution is -0.121. The van der Waals surface area contributed by atoms with Gasteiger partial charge in [-0.3, -0.25) is 9.59 Å². The number of rotatable bonds is 9. The topological polar surface area (TPSA) is 89.9 Å². The Hall–Kier alpha value is -2.64. The van der Waals surface area contributed by atoms with Crippen molar-refractivity contribution in [2.75, 3.05) is 13.1 Å². The van der Waals surface area contributed by atoms with Crippen molar-refractivity contribution < 1.29 is 19.6 Å². The summed E-state index contributed by atoms with van der Waals surface area (Å²) < 4.78 is 0. The molecule has 7 heteroatoms. The summed E-state index contributed by atoms with van der Waals surface area (Å²) in [6, 6.07) is 13.2. The number of carbonyl (C=O) groups is 2. The monoisotopic (exact) mass is 410 g/mol. The molecule has 0 fully saturated rings. The maximum atomic E-state index is 12.7. The Morgan fingerprint density at radius 1 is 1.03 bits per heavy atom. The molecule has 0 aliphatic carbocycles. The van der Waals surface area contributed by atoms with Crippen molar-refractivity contribution >= 4 is 18.9 Å². The van der Waals surface area contributed by atoms with Gasteiger partial charge in [-0.05, 0) is 57.4 Å². The molecular weight excluding hydrogens is 379 g/mol. The summed E-state index contributed by atoms with van der Waals surface area (Å²) in [6.07, 6.45) is 0.400. The summed E-state index contributed by atoms with van der Waals surface area (Å²) in [5.74, 6) is -1.27. The fourth-order valence-electron chi connectivity index (χ4n) is 3.34. The van der Waals surface area contributed by atoms with E-state index < -0.39 is 13.1 Å². The van der Waals surface area contributed by atoms with E-state index >= 15 is 0 Å². The Morgan fingerprint density at radius 2 is 1.67 bits per heavy atom. The molecule has 30 heavy (non-hydrogen) atoms. The molecule has 0 aromatic heterocycles. The number of aryl methyl sites for hydroxylation is 3. The first-order valence-corrected chi connectivity index (χ1v) is 10.3. The smallest absolute Gasteiger partial charge is 0.426 e. The zero-order chi connectivity index (χ0) is 22.3. The van der Waals surface area contributed by atoms with Crippen molar-refractivity contribution in [3.05, 3.63) is 70.3 Å². The van der Waals surface area contributed by atoms with Gasteiger partial charge in [0.1, 0.15) is 0 Å². The van der Waals surface area contributed by atoms with Crippen LogP contribution in [0.3, 0.4) is 0 Å². The van der Waals surface area contributed by atoms with Crippen LogP contribution in [0.4, 0.5) is 0 Å². The first kappa shape index (κ1) is 23.6. The van der Waals surface area contributed by atoms with E-state index in [2.05, 4.69) is 5.32 Å². The minimum absolute atomic E-state index is 0.0849. The first-order chi connectivity index (χ1) is 14.2. The van der Waals surface area contributed by atoms with Crippen molar-refractivity contribution in [2.24, 2.45) is 0 Å². The lowest BCUT2D eigenvalue weighted by atomic mass is 9.75. The number of carbonyl (C=O) groups excluding carboxylic acids is 2. The summed E-state index contributed by atoms with van der Waals surface area (Å²) in [7, 11) is -1.67. The number of hydrogen-bond donors (Lipinski definition) is 3. The zero-order valence-corrected chi connectivity index (χ0v) is 18.2. The van der Waals surface area contributed by atoms with E-state index in [-0.39, 0.29) is 24.8 Å². The second-order valence-corrected chi connectivity index (χ2v) is 7.72. The largest absolute Gasteiger partial charge is 0.475 e. The van der Waals surface area contributed by atoms with Crippen molar-refractivity contribution in [3.8, 4) is 0 Å². The standard InChI is InChI=1S/C23H31BN2O4/c1-5-26(23(28)19-9-6-16(2)7-10-19)13-12-22(27)25-21(24(29)30)15-20-11-8-17(3)14-18(20)4/h6-11,14,21,29-30H,5,12-13,15H2,1-4H3,(H,25,27)/t21-/m0/s1. The average Bonchev–Trinajstić information content (AvgIpc) is 2.70. The molecule has 0 heterocycles. The highest BCUT2D eigenvalue weighted by Crippen LogP contribution is 2.13. The van der Waals surface area contributed by atoms with Crippen LogP contribution >= 0.6 is 0 Å². The Labute approximate surface area is 179 Å². The molecule has 1 atom stereocenters. The maximum absolute atomic E-state index is 12.7. The highest BCUT2D eigenvalue weighted by molar-refractivity contribution is 6.43. The molecule has 0 saturated heterocycles. The van der Waals surface area contributed by atoms with E-state index in [1.165, 1.54) is 0 Å². The number of nitrogens with zero attached hydrogens (tertiary/aromatic N) is 1. The van der Waals surface area contributed by atoms with Crippen LogP contribution in [0.15, 0.2) is 42.5 Å². The Morgan fingerprint density at radius 3 is 2.23 bits per heavy atom. The Balaban J connectivity index is 1.95. The number of nitrogens with one attached hydrogen (secondary N) is 1. The summed E-state index contributed by atoms with van der Waals surface area (Å²) in [5, 5.41) is 22.1. The third-order valence-electron chi connectivity index (χ3n) is 5.22. The van der Waals surface area contributed by atoms with Gasteiger partial charge in [0.15, 0.2) is 0 Å². The predicted octanol–water partition coefficient (Wildman–Crippen LogP) is 2.20. The molecule has 2 amide bonds. The molecule has 2 aromatic carbocycles. The van der Waals surface area contributed by atoms with E-state index in [0.717, 1.165) is 22.3 Å². The van der Waals surface area contributed by atoms with Crippen molar-refractivity contribution in [3.63, 3.8) is 0 Å². The fraction of sp³-hybridized carbons (Fsp3) is 0.391. The van der Waals surface area contributed by atoms with Crippen LogP contribution in [-0.4, -0.2) is 52.9 Å². The first-order valence-electron chi connectivity index (χ1n) is 10.3. The van der Waals surface area contributed by atoms with Crippen LogP contribution in [0.5, 0.6) is 0 Å². The van der Waals surface area contributed by atoms with Crippen molar-refractivity contribution in [1.29, 1.82) is 0 Å². The van der Waals surface area contributed by atoms with Crippen molar-refractivity contribution in [2.45, 2.75) is 46.5 Å². The second-order valence-electron chi connectivity index (χ2n) is 7.72. The molecule has 0 unspecified atom stereocenters. The number of hydrogen-bond acceptors (Lipinski definition) is 4. The molecule has 0 radical (unpaired) electrons. The van der Waals surface area contributed by atoms with Gasteiger partial charge in [-0.1, -0.05) is 41.5 Å². The third-order valence-corrected chi connectivity index (χ3v) is 5.22. The molecule has 6 nitrogen and oxygen atoms in total. The third kappa shape index (κ3) is 6.71. The minimum Gasteiger partial charge on any atom is -0.426 e. The van der Waals surface area contributed by atoms with Gasteiger partial charge in [-0.25, -0.2) is 0 Å². The van der Waals surface area contributed by atoms with Gasteiger partial charge in [-0.15, -0.1) is 0 Å². The van der Waals surface area contributed by atoms with E-state index in [0.29, 0.717) is 18.5 Å². The van der Waals surface area contributed by atoms with Gasteiger partial charge in [0.2, 0.25) is 5.91 Å². The van der Waals surface area contributed by atoms with Crippen LogP contribution < -0.4 is 5.32 Å². The molecule has 0 spiro atoms. The van der Waals surface area contributed by atoms with Gasteiger partial charge in [0.25, 0.3) is 5.91 Å². The highest BCUT2D eigenvalue weighted by Gasteiger charge is 2.26. The molecule has 0 saturated carbocycles. The summed E-state index contributed by atoms with van der Waals surface area (Å²) in [5.41, 5.74) is 4.77. The van der Waals surface area contributed by atoms with Crippen LogP contribution in [0, 0.1) is 20.8 Å². The number of amides is 2. The lowest BCUT2D eigenvalue weighted by Crippen LogP contribution is -2.48. The van der Waals surface area contributed by atoms with Crippen LogP contribution in [-0.2, 0) is 11.2 Å². The summed E-state index contributed by atoms with van der Waals surface area (Å²) in [6.45, 7) is 8.52. The molecule has 2 rings (SSSR count). The van der Waals surface area contributed by atoms with E-state index in [9.17, 15) is 19.6 Å². The van der Waals surface area contributed by atoms with Crippen LogP contribution in [0.2, 0.25) is 0 Å². The molecule has 0 aliphatic heterocycles. The van der Waals surface area contributed by atoms with Crippen LogP contribution in [0.25, 0.3) is 0 Å². The number of benzene rings is 2. The molecule has 2 aromatic rings. The van der Waals surface area contributed by atoms with Gasteiger partial charge < -0.3 is 20.3 Å². The van der Waals surface area contributed by atoms with Crippen LogP contribution in [0.1, 0.15) is 46.0 Å². The molecule has 0 aliphatic rings. The normalized spacial score (nSPS) is 11.7. The quantitative estimate of drug-likeness (QED) is 0.553. The van der Waals surface area contributed by atoms with E-state index in [1.54, 1.807) is 17.0 Å². The highest BCUT2D eigenvalue weighted by atomic mass is 16.4. The molecular formula is C23H31BN2O4. The molecule has 0 bridgehead atoms. The zero-order valence-electron chi connectivity index (χ0n) is 18.2. The SMILES string of the molecule is CCN(CCC(=O)N[C@@H](Cc1ccc(C)cc1C)B(O)O)C(=O)c1ccc(C)cc1. The average molecular weight is 410 g/mol. The molecule has 160 valence electrons. The Kier molecular flexibility index (Phi) is 8.63. The Bertz CT molecular complexity index is 868. The van der Waals surface area contributed by atoms with E-state index in [1.807, 2.05) is 58.0 Å². The van der Waals surface area contributed by atoms with Gasteiger partial charge >= 0.3 is 7.12 Å². The van der Waals surface area contributed by atoms with E-state index in [4.69, 9.17) is 0 Å².